The van der Waals surface area contributed by atoms with Crippen molar-refractivity contribution in [1.82, 2.24) is 15.2 Å². The number of ether oxygens (including phenoxy) is 1. The molecule has 1 fully saturated rings. The van der Waals surface area contributed by atoms with E-state index in [4.69, 9.17) is 9.72 Å². The van der Waals surface area contributed by atoms with Crippen molar-refractivity contribution >= 4 is 11.3 Å². The van der Waals surface area contributed by atoms with Crippen LogP contribution in [0.2, 0.25) is 0 Å². The molecule has 0 aromatic carbocycles. The van der Waals surface area contributed by atoms with Gasteiger partial charge in [-0.15, -0.1) is 11.3 Å². The molecule has 0 bridgehead atoms. The van der Waals surface area contributed by atoms with Crippen LogP contribution >= 0.6 is 11.3 Å². The fourth-order valence-corrected chi connectivity index (χ4v) is 3.86. The van der Waals surface area contributed by atoms with Crippen LogP contribution in [0.25, 0.3) is 0 Å². The van der Waals surface area contributed by atoms with Crippen LogP contribution in [0.3, 0.4) is 0 Å². The molecule has 0 radical (unpaired) electrons. The summed E-state index contributed by atoms with van der Waals surface area (Å²) in [5.74, 6) is 0. The van der Waals surface area contributed by atoms with Gasteiger partial charge < -0.3 is 10.1 Å². The zero-order valence-corrected chi connectivity index (χ0v) is 13.9. The summed E-state index contributed by atoms with van der Waals surface area (Å²) in [4.78, 5) is 8.58. The van der Waals surface area contributed by atoms with Crippen LogP contribution in [0.1, 0.15) is 41.4 Å². The maximum absolute atomic E-state index is 5.28. The first-order chi connectivity index (χ1) is 9.61. The number of methoxy groups -OCH3 is 1. The average molecular weight is 297 g/mol. The van der Waals surface area contributed by atoms with Crippen molar-refractivity contribution < 1.29 is 4.74 Å². The van der Waals surface area contributed by atoms with E-state index in [1.807, 2.05) is 0 Å². The van der Waals surface area contributed by atoms with Gasteiger partial charge in [-0.25, -0.2) is 4.98 Å². The van der Waals surface area contributed by atoms with Crippen molar-refractivity contribution in [3.8, 4) is 0 Å². The van der Waals surface area contributed by atoms with Gasteiger partial charge in [0.15, 0.2) is 0 Å². The molecule has 2 rings (SSSR count). The second-order valence-corrected chi connectivity index (χ2v) is 7.04. The Hall–Kier alpha value is -0.490. The lowest BCUT2D eigenvalue weighted by Gasteiger charge is -2.30. The molecule has 1 aromatic rings. The van der Waals surface area contributed by atoms with Crippen LogP contribution in [-0.4, -0.2) is 49.3 Å². The van der Waals surface area contributed by atoms with E-state index in [2.05, 4.69) is 31.0 Å². The van der Waals surface area contributed by atoms with Gasteiger partial charge in [-0.2, -0.15) is 0 Å². The quantitative estimate of drug-likeness (QED) is 0.839. The lowest BCUT2D eigenvalue weighted by molar-refractivity contribution is 0.116. The molecule has 0 spiro atoms. The van der Waals surface area contributed by atoms with Gasteiger partial charge in [0.2, 0.25) is 0 Å². The number of hydrogen-bond donors (Lipinski definition) is 1. The molecule has 0 saturated carbocycles. The molecular weight excluding hydrogens is 270 g/mol. The molecule has 0 aliphatic carbocycles. The predicted molar refractivity (Wildman–Crippen MR) is 84.5 cm³/mol. The van der Waals surface area contributed by atoms with E-state index in [-0.39, 0.29) is 0 Å². The maximum atomic E-state index is 5.28. The fraction of sp³-hybridized carbons (Fsp3) is 0.800. The summed E-state index contributed by atoms with van der Waals surface area (Å²) >= 11 is 1.80. The summed E-state index contributed by atoms with van der Waals surface area (Å²) in [5.41, 5.74) is 1.24. The van der Waals surface area contributed by atoms with Crippen LogP contribution in [0.5, 0.6) is 0 Å². The van der Waals surface area contributed by atoms with Gasteiger partial charge in [0.25, 0.3) is 0 Å². The van der Waals surface area contributed by atoms with Crippen LogP contribution in [-0.2, 0) is 4.74 Å². The highest BCUT2D eigenvalue weighted by Gasteiger charge is 2.24. The molecule has 2 atom stereocenters. The Balaban J connectivity index is 2.05. The molecule has 1 N–H and O–H groups in total. The van der Waals surface area contributed by atoms with Crippen LogP contribution in [0.4, 0.5) is 0 Å². The minimum Gasteiger partial charge on any atom is -0.383 e. The number of hydrogen-bond acceptors (Lipinski definition) is 5. The molecule has 1 aliphatic rings. The Morgan fingerprint density at radius 3 is 2.85 bits per heavy atom. The molecule has 2 unspecified atom stereocenters. The second-order valence-electron chi connectivity index (χ2n) is 5.63. The Morgan fingerprint density at radius 1 is 1.50 bits per heavy atom. The first kappa shape index (κ1) is 15.9. The Bertz CT molecular complexity index is 415. The van der Waals surface area contributed by atoms with E-state index < -0.39 is 0 Å². The zero-order valence-electron chi connectivity index (χ0n) is 13.1. The van der Waals surface area contributed by atoms with Crippen molar-refractivity contribution in [2.75, 3.05) is 33.4 Å². The standard InChI is InChI=1S/C15H27N3OS/c1-11(15-12(2)20-13(3)17-15)18(8-9-19-4)10-14-6-5-7-16-14/h11,14,16H,5-10H2,1-4H3. The largest absolute Gasteiger partial charge is 0.383 e. The number of nitrogens with zero attached hydrogens (tertiary/aromatic N) is 2. The first-order valence-corrected chi connectivity index (χ1v) is 8.33. The van der Waals surface area contributed by atoms with Crippen LogP contribution < -0.4 is 5.32 Å². The molecular formula is C15H27N3OS. The summed E-state index contributed by atoms with van der Waals surface area (Å²) in [6.45, 7) is 10.5. The second kappa shape index (κ2) is 7.50. The summed E-state index contributed by atoms with van der Waals surface area (Å²) < 4.78 is 5.28. The number of aryl methyl sites for hydroxylation is 2. The number of nitrogens with one attached hydrogen (secondary N) is 1. The van der Waals surface area contributed by atoms with Crippen LogP contribution in [0, 0.1) is 13.8 Å². The van der Waals surface area contributed by atoms with Gasteiger partial charge in [-0.05, 0) is 40.2 Å². The van der Waals surface area contributed by atoms with Crippen molar-refractivity contribution in [1.29, 1.82) is 0 Å². The third-order valence-electron chi connectivity index (χ3n) is 4.08. The van der Waals surface area contributed by atoms with Gasteiger partial charge in [0.05, 0.1) is 23.4 Å². The Kier molecular flexibility index (Phi) is 5.96. The SMILES string of the molecule is COCCN(CC1CCCN1)C(C)c1nc(C)sc1C. The molecule has 0 amide bonds. The molecule has 5 heteroatoms. The smallest absolute Gasteiger partial charge is 0.0900 e. The summed E-state index contributed by atoms with van der Waals surface area (Å²) in [6.07, 6.45) is 2.58. The average Bonchev–Trinajstić information content (AvgIpc) is 3.03. The fourth-order valence-electron chi connectivity index (χ4n) is 2.95. The van der Waals surface area contributed by atoms with E-state index >= 15 is 0 Å². The summed E-state index contributed by atoms with van der Waals surface area (Å²) in [6, 6.07) is 0.979. The lowest BCUT2D eigenvalue weighted by Crippen LogP contribution is -2.40. The zero-order chi connectivity index (χ0) is 14.5. The monoisotopic (exact) mass is 297 g/mol. The van der Waals surface area contributed by atoms with E-state index in [9.17, 15) is 0 Å². The van der Waals surface area contributed by atoms with Crippen molar-refractivity contribution in [3.05, 3.63) is 15.6 Å². The minimum atomic E-state index is 0.359. The van der Waals surface area contributed by atoms with Crippen molar-refractivity contribution in [2.24, 2.45) is 0 Å². The van der Waals surface area contributed by atoms with Gasteiger partial charge in [-0.1, -0.05) is 0 Å². The molecule has 1 aliphatic heterocycles. The molecule has 1 aromatic heterocycles. The van der Waals surface area contributed by atoms with Gasteiger partial charge in [0.1, 0.15) is 0 Å². The minimum absolute atomic E-state index is 0.359. The van der Waals surface area contributed by atoms with E-state index in [1.165, 1.54) is 23.4 Å². The lowest BCUT2D eigenvalue weighted by atomic mass is 10.1. The van der Waals surface area contributed by atoms with E-state index in [0.717, 1.165) is 31.2 Å². The molecule has 2 heterocycles. The molecule has 1 saturated heterocycles. The number of thiazole rings is 1. The highest BCUT2D eigenvalue weighted by Crippen LogP contribution is 2.27. The number of rotatable bonds is 7. The van der Waals surface area contributed by atoms with Crippen molar-refractivity contribution in [2.45, 2.75) is 45.7 Å². The topological polar surface area (TPSA) is 37.4 Å². The van der Waals surface area contributed by atoms with Gasteiger partial charge in [-0.3, -0.25) is 4.90 Å². The molecule has 20 heavy (non-hydrogen) atoms. The molecule has 4 nitrogen and oxygen atoms in total. The van der Waals surface area contributed by atoms with Gasteiger partial charge >= 0.3 is 0 Å². The highest BCUT2D eigenvalue weighted by atomic mass is 32.1. The normalized spacial score (nSPS) is 20.8. The maximum Gasteiger partial charge on any atom is 0.0900 e. The van der Waals surface area contributed by atoms with Crippen molar-refractivity contribution in [3.63, 3.8) is 0 Å². The molecule has 114 valence electrons. The summed E-state index contributed by atoms with van der Waals surface area (Å²) in [5, 5.41) is 4.75. The third-order valence-corrected chi connectivity index (χ3v) is 4.98. The summed E-state index contributed by atoms with van der Waals surface area (Å²) in [7, 11) is 1.77. The first-order valence-electron chi connectivity index (χ1n) is 7.52. The number of aromatic nitrogens is 1. The van der Waals surface area contributed by atoms with E-state index in [0.29, 0.717) is 12.1 Å². The van der Waals surface area contributed by atoms with E-state index in [1.54, 1.807) is 18.4 Å². The van der Waals surface area contributed by atoms with Crippen LogP contribution in [0.15, 0.2) is 0 Å². The Morgan fingerprint density at radius 2 is 2.30 bits per heavy atom. The highest BCUT2D eigenvalue weighted by molar-refractivity contribution is 7.11. The third kappa shape index (κ3) is 4.01. The Labute approximate surface area is 126 Å². The predicted octanol–water partition coefficient (Wildman–Crippen LogP) is 2.52. The van der Waals surface area contributed by atoms with Gasteiger partial charge in [0, 0.05) is 31.1 Å².